The van der Waals surface area contributed by atoms with E-state index >= 15 is 0 Å². The van der Waals surface area contributed by atoms with Crippen molar-refractivity contribution in [2.24, 2.45) is 17.8 Å². The van der Waals surface area contributed by atoms with Crippen LogP contribution in [0.25, 0.3) is 0 Å². The third-order valence-corrected chi connectivity index (χ3v) is 8.58. The van der Waals surface area contributed by atoms with Gasteiger partial charge in [-0.15, -0.1) is 0 Å². The minimum absolute atomic E-state index is 0.175. The Kier molecular flexibility index (Phi) is 12.1. The fourth-order valence-corrected chi connectivity index (χ4v) is 6.61. The molecule has 0 radical (unpaired) electrons. The summed E-state index contributed by atoms with van der Waals surface area (Å²) in [6.07, 6.45) is 11.8. The fraction of sp³-hybridized carbons (Fsp3) is 0.767. The molecule has 0 spiro atoms. The van der Waals surface area contributed by atoms with Gasteiger partial charge in [0.2, 0.25) is 5.91 Å². The number of ether oxygens (including phenoxy) is 2. The van der Waals surface area contributed by atoms with Crippen LogP contribution in [0.4, 0.5) is 4.39 Å². The summed E-state index contributed by atoms with van der Waals surface area (Å²) >= 11 is 0. The Labute approximate surface area is 223 Å². The predicted octanol–water partition coefficient (Wildman–Crippen LogP) is 5.27. The smallest absolute Gasteiger partial charge is 0.222 e. The van der Waals surface area contributed by atoms with Crippen molar-refractivity contribution >= 4 is 5.91 Å². The zero-order valence-corrected chi connectivity index (χ0v) is 23.3. The average Bonchev–Trinajstić information content (AvgIpc) is 2.91. The lowest BCUT2D eigenvalue weighted by molar-refractivity contribution is -0.138. The van der Waals surface area contributed by atoms with Crippen LogP contribution in [0.15, 0.2) is 18.2 Å². The number of nitrogens with one attached hydrogen (secondary N) is 1. The molecular formula is C30H49FN2O4. The summed E-state index contributed by atoms with van der Waals surface area (Å²) < 4.78 is 25.1. The van der Waals surface area contributed by atoms with Gasteiger partial charge in [-0.1, -0.05) is 32.1 Å². The van der Waals surface area contributed by atoms with Gasteiger partial charge >= 0.3 is 0 Å². The SMILES string of the molecule is CNC[C@@H](CC(=O)N1CCC[C@@H]([C@@](O)(CCCCOC)c2cc(F)ccc2OC)C1)CC1CCCCC1. The molecular weight excluding hydrogens is 471 g/mol. The highest BCUT2D eigenvalue weighted by molar-refractivity contribution is 5.76. The van der Waals surface area contributed by atoms with Gasteiger partial charge in [-0.25, -0.2) is 4.39 Å². The number of carbonyl (C=O) groups excluding carboxylic acids is 1. The first-order valence-corrected chi connectivity index (χ1v) is 14.4. The second kappa shape index (κ2) is 15.0. The van der Waals surface area contributed by atoms with E-state index in [1.165, 1.54) is 44.2 Å². The van der Waals surface area contributed by atoms with E-state index in [-0.39, 0.29) is 11.8 Å². The number of hydrogen-bond acceptors (Lipinski definition) is 5. The number of unbranched alkanes of at least 4 members (excludes halogenated alkanes) is 1. The van der Waals surface area contributed by atoms with Crippen LogP contribution < -0.4 is 10.1 Å². The summed E-state index contributed by atoms with van der Waals surface area (Å²) in [4.78, 5) is 15.5. The highest BCUT2D eigenvalue weighted by Crippen LogP contribution is 2.44. The van der Waals surface area contributed by atoms with Gasteiger partial charge in [0.25, 0.3) is 0 Å². The van der Waals surface area contributed by atoms with Crippen molar-refractivity contribution in [3.63, 3.8) is 0 Å². The van der Waals surface area contributed by atoms with Crippen LogP contribution in [0.1, 0.15) is 82.6 Å². The molecule has 1 saturated carbocycles. The van der Waals surface area contributed by atoms with Gasteiger partial charge in [-0.3, -0.25) is 4.79 Å². The molecule has 7 heteroatoms. The van der Waals surface area contributed by atoms with Crippen molar-refractivity contribution < 1.29 is 23.8 Å². The molecule has 2 fully saturated rings. The van der Waals surface area contributed by atoms with Crippen molar-refractivity contribution in [1.29, 1.82) is 0 Å². The second-order valence-electron chi connectivity index (χ2n) is 11.3. The minimum Gasteiger partial charge on any atom is -0.496 e. The van der Waals surface area contributed by atoms with Gasteiger partial charge < -0.3 is 24.8 Å². The Morgan fingerprint density at radius 1 is 1.19 bits per heavy atom. The van der Waals surface area contributed by atoms with Crippen molar-refractivity contribution in [2.45, 2.75) is 82.7 Å². The molecule has 1 saturated heterocycles. The molecule has 3 rings (SSSR count). The number of hydrogen-bond donors (Lipinski definition) is 2. The number of aliphatic hydroxyl groups is 1. The second-order valence-corrected chi connectivity index (χ2v) is 11.3. The average molecular weight is 521 g/mol. The zero-order valence-electron chi connectivity index (χ0n) is 23.3. The van der Waals surface area contributed by atoms with E-state index in [0.29, 0.717) is 49.8 Å². The first-order valence-electron chi connectivity index (χ1n) is 14.4. The van der Waals surface area contributed by atoms with Gasteiger partial charge in [0, 0.05) is 44.7 Å². The topological polar surface area (TPSA) is 71.0 Å². The summed E-state index contributed by atoms with van der Waals surface area (Å²) in [6.45, 7) is 2.66. The quantitative estimate of drug-likeness (QED) is 0.327. The molecule has 37 heavy (non-hydrogen) atoms. The fourth-order valence-electron chi connectivity index (χ4n) is 6.61. The van der Waals surface area contributed by atoms with E-state index in [1.54, 1.807) is 20.3 Å². The molecule has 0 bridgehead atoms. The Morgan fingerprint density at radius 2 is 1.97 bits per heavy atom. The number of likely N-dealkylation sites (tertiary alicyclic amines) is 1. The molecule has 1 aliphatic heterocycles. The standard InChI is InChI=1S/C30H49FN2O4/c1-32-21-24(18-23-10-5-4-6-11-23)19-29(34)33-16-9-12-25(22-33)30(35,15-7-8-17-36-2)27-20-26(31)13-14-28(27)37-3/h13-14,20,23-25,32,35H,4-12,15-19,21-22H2,1-3H3/t24-,25-,30+/m1/s1. The lowest BCUT2D eigenvalue weighted by Gasteiger charge is -2.43. The molecule has 1 amide bonds. The van der Waals surface area contributed by atoms with Crippen molar-refractivity contribution in [3.05, 3.63) is 29.6 Å². The summed E-state index contributed by atoms with van der Waals surface area (Å²) in [5.41, 5.74) is -0.802. The van der Waals surface area contributed by atoms with E-state index in [1.807, 2.05) is 11.9 Å². The van der Waals surface area contributed by atoms with Crippen LogP contribution in [-0.4, -0.2) is 63.4 Å². The van der Waals surface area contributed by atoms with Crippen molar-refractivity contribution in [1.82, 2.24) is 10.2 Å². The maximum absolute atomic E-state index is 14.4. The molecule has 2 aliphatic rings. The number of halogens is 1. The third kappa shape index (κ3) is 8.39. The Hall–Kier alpha value is -1.70. The first-order chi connectivity index (χ1) is 17.9. The maximum atomic E-state index is 14.4. The molecule has 0 aromatic heterocycles. The van der Waals surface area contributed by atoms with Crippen LogP contribution in [0.2, 0.25) is 0 Å². The highest BCUT2D eigenvalue weighted by Gasteiger charge is 2.43. The highest BCUT2D eigenvalue weighted by atomic mass is 19.1. The number of piperidine rings is 1. The van der Waals surface area contributed by atoms with Gasteiger partial charge in [-0.2, -0.15) is 0 Å². The van der Waals surface area contributed by atoms with E-state index in [2.05, 4.69) is 5.32 Å². The Morgan fingerprint density at radius 3 is 2.68 bits per heavy atom. The number of rotatable bonds is 14. The van der Waals surface area contributed by atoms with Gasteiger partial charge in [0.05, 0.1) is 12.7 Å². The van der Waals surface area contributed by atoms with Gasteiger partial charge in [0.1, 0.15) is 11.6 Å². The Balaban J connectivity index is 1.74. The number of nitrogens with zero attached hydrogens (tertiary/aromatic N) is 1. The normalized spacial score (nSPS) is 21.4. The predicted molar refractivity (Wildman–Crippen MR) is 145 cm³/mol. The maximum Gasteiger partial charge on any atom is 0.222 e. The number of amides is 1. The first kappa shape index (κ1) is 29.9. The lowest BCUT2D eigenvalue weighted by Crippen LogP contribution is -2.48. The van der Waals surface area contributed by atoms with Crippen molar-refractivity contribution in [3.8, 4) is 5.75 Å². The number of methoxy groups -OCH3 is 2. The largest absolute Gasteiger partial charge is 0.496 e. The monoisotopic (exact) mass is 520 g/mol. The molecule has 1 aromatic rings. The molecule has 1 aliphatic carbocycles. The third-order valence-electron chi connectivity index (χ3n) is 8.58. The molecule has 1 heterocycles. The van der Waals surface area contributed by atoms with Crippen LogP contribution in [0, 0.1) is 23.6 Å². The van der Waals surface area contributed by atoms with E-state index in [9.17, 15) is 14.3 Å². The lowest BCUT2D eigenvalue weighted by atomic mass is 9.73. The molecule has 2 N–H and O–H groups in total. The van der Waals surface area contributed by atoms with Gasteiger partial charge in [-0.05, 0) is 82.2 Å². The number of benzene rings is 1. The van der Waals surface area contributed by atoms with Crippen molar-refractivity contribution in [2.75, 3.05) is 47.5 Å². The van der Waals surface area contributed by atoms with E-state index < -0.39 is 11.4 Å². The number of carbonyl (C=O) groups is 1. The summed E-state index contributed by atoms with van der Waals surface area (Å²) in [7, 11) is 5.18. The molecule has 3 atom stereocenters. The van der Waals surface area contributed by atoms with Crippen LogP contribution in [0.5, 0.6) is 5.75 Å². The van der Waals surface area contributed by atoms with Crippen LogP contribution in [-0.2, 0) is 15.1 Å². The Bertz CT molecular complexity index is 832. The summed E-state index contributed by atoms with van der Waals surface area (Å²) in [6, 6.07) is 4.35. The van der Waals surface area contributed by atoms with Crippen LogP contribution in [0.3, 0.4) is 0 Å². The molecule has 0 unspecified atom stereocenters. The summed E-state index contributed by atoms with van der Waals surface area (Å²) in [5, 5.41) is 15.5. The molecule has 210 valence electrons. The minimum atomic E-state index is -1.29. The van der Waals surface area contributed by atoms with Gasteiger partial charge in [0.15, 0.2) is 0 Å². The van der Waals surface area contributed by atoms with E-state index in [0.717, 1.165) is 44.6 Å². The zero-order chi connectivity index (χ0) is 26.7. The van der Waals surface area contributed by atoms with Crippen LogP contribution >= 0.6 is 0 Å². The molecule has 6 nitrogen and oxygen atoms in total. The molecule has 1 aromatic carbocycles. The summed E-state index contributed by atoms with van der Waals surface area (Å²) in [5.74, 6) is 1.13. The van der Waals surface area contributed by atoms with E-state index in [4.69, 9.17) is 9.47 Å².